The topological polar surface area (TPSA) is 49.3 Å². The van der Waals surface area contributed by atoms with E-state index in [1.54, 1.807) is 12.1 Å². The average molecular weight is 209 g/mol. The predicted octanol–water partition coefficient (Wildman–Crippen LogP) is 2.07. The normalized spacial score (nSPS) is 12.7. The van der Waals surface area contributed by atoms with Gasteiger partial charge in [0, 0.05) is 18.3 Å². The number of carboxylic acids is 1. The third-order valence-electron chi connectivity index (χ3n) is 1.94. The SMILES string of the molecule is C[C@H](N/C=C/C(=O)O)c1ccc(F)cc1. The fourth-order valence-electron chi connectivity index (χ4n) is 1.11. The average Bonchev–Trinajstić information content (AvgIpc) is 2.18. The monoisotopic (exact) mass is 209 g/mol. The molecular weight excluding hydrogens is 197 g/mol. The van der Waals surface area contributed by atoms with Crippen molar-refractivity contribution in [1.82, 2.24) is 5.32 Å². The molecule has 0 spiro atoms. The van der Waals surface area contributed by atoms with Crippen LogP contribution in [0.4, 0.5) is 4.39 Å². The Labute approximate surface area is 87.2 Å². The minimum atomic E-state index is -1.01. The first-order valence-electron chi connectivity index (χ1n) is 4.50. The van der Waals surface area contributed by atoms with E-state index in [0.29, 0.717) is 0 Å². The molecule has 0 saturated heterocycles. The van der Waals surface area contributed by atoms with Gasteiger partial charge in [-0.05, 0) is 24.6 Å². The third kappa shape index (κ3) is 3.81. The van der Waals surface area contributed by atoms with Gasteiger partial charge in [-0.25, -0.2) is 9.18 Å². The van der Waals surface area contributed by atoms with Gasteiger partial charge in [0.05, 0.1) is 0 Å². The molecule has 1 aromatic rings. The Morgan fingerprint density at radius 3 is 2.60 bits per heavy atom. The lowest BCUT2D eigenvalue weighted by molar-refractivity contribution is -0.131. The van der Waals surface area contributed by atoms with Gasteiger partial charge >= 0.3 is 5.97 Å². The maximum atomic E-state index is 12.6. The quantitative estimate of drug-likeness (QED) is 0.746. The van der Waals surface area contributed by atoms with Crippen molar-refractivity contribution in [3.8, 4) is 0 Å². The minimum absolute atomic E-state index is 0.0544. The fraction of sp³-hybridized carbons (Fsp3) is 0.182. The van der Waals surface area contributed by atoms with Crippen LogP contribution in [0.5, 0.6) is 0 Å². The fourth-order valence-corrected chi connectivity index (χ4v) is 1.11. The Morgan fingerprint density at radius 1 is 1.47 bits per heavy atom. The zero-order valence-corrected chi connectivity index (χ0v) is 8.27. The number of carboxylic acid groups (broad SMARTS) is 1. The highest BCUT2D eigenvalue weighted by atomic mass is 19.1. The summed E-state index contributed by atoms with van der Waals surface area (Å²) in [6.45, 7) is 1.86. The summed E-state index contributed by atoms with van der Waals surface area (Å²) in [6.07, 6.45) is 2.37. The van der Waals surface area contributed by atoms with Gasteiger partial charge in [-0.15, -0.1) is 0 Å². The Hall–Kier alpha value is -1.84. The van der Waals surface area contributed by atoms with Crippen LogP contribution in [0.2, 0.25) is 0 Å². The van der Waals surface area contributed by atoms with E-state index < -0.39 is 5.97 Å². The van der Waals surface area contributed by atoms with E-state index in [-0.39, 0.29) is 11.9 Å². The van der Waals surface area contributed by atoms with Crippen LogP contribution in [0, 0.1) is 5.82 Å². The molecule has 0 saturated carbocycles. The van der Waals surface area contributed by atoms with Gasteiger partial charge < -0.3 is 10.4 Å². The van der Waals surface area contributed by atoms with Gasteiger partial charge in [-0.2, -0.15) is 0 Å². The maximum Gasteiger partial charge on any atom is 0.329 e. The molecule has 0 radical (unpaired) electrons. The third-order valence-corrected chi connectivity index (χ3v) is 1.94. The summed E-state index contributed by atoms with van der Waals surface area (Å²) in [7, 11) is 0. The number of aliphatic carboxylic acids is 1. The molecule has 0 heterocycles. The second-order valence-electron chi connectivity index (χ2n) is 3.11. The lowest BCUT2D eigenvalue weighted by Crippen LogP contribution is -2.12. The summed E-state index contributed by atoms with van der Waals surface area (Å²) < 4.78 is 12.6. The number of hydrogen-bond donors (Lipinski definition) is 2. The van der Waals surface area contributed by atoms with Gasteiger partial charge in [0.25, 0.3) is 0 Å². The summed E-state index contributed by atoms with van der Waals surface area (Å²) in [5.74, 6) is -1.29. The smallest absolute Gasteiger partial charge is 0.329 e. The van der Waals surface area contributed by atoms with Gasteiger partial charge in [0.15, 0.2) is 0 Å². The van der Waals surface area contributed by atoms with Crippen molar-refractivity contribution in [3.05, 3.63) is 47.9 Å². The van der Waals surface area contributed by atoms with Crippen LogP contribution in [0.1, 0.15) is 18.5 Å². The van der Waals surface area contributed by atoms with Crippen molar-refractivity contribution in [3.63, 3.8) is 0 Å². The molecule has 0 bridgehead atoms. The van der Waals surface area contributed by atoms with Gasteiger partial charge in [-0.3, -0.25) is 0 Å². The van der Waals surface area contributed by atoms with E-state index in [4.69, 9.17) is 5.11 Å². The highest BCUT2D eigenvalue weighted by Crippen LogP contribution is 2.12. The highest BCUT2D eigenvalue weighted by Gasteiger charge is 2.02. The summed E-state index contributed by atoms with van der Waals surface area (Å²) >= 11 is 0. The summed E-state index contributed by atoms with van der Waals surface area (Å²) in [5.41, 5.74) is 0.895. The summed E-state index contributed by atoms with van der Waals surface area (Å²) in [6, 6.07) is 5.99. The van der Waals surface area contributed by atoms with E-state index in [1.807, 2.05) is 6.92 Å². The molecule has 0 aliphatic carbocycles. The molecule has 80 valence electrons. The molecule has 0 aliphatic rings. The Kier molecular flexibility index (Phi) is 3.85. The van der Waals surface area contributed by atoms with Gasteiger partial charge in [0.2, 0.25) is 0 Å². The number of rotatable bonds is 4. The van der Waals surface area contributed by atoms with E-state index >= 15 is 0 Å². The number of nitrogens with one attached hydrogen (secondary N) is 1. The zero-order valence-electron chi connectivity index (χ0n) is 8.27. The second kappa shape index (κ2) is 5.14. The van der Waals surface area contributed by atoms with Crippen LogP contribution in [0.25, 0.3) is 0 Å². The molecule has 15 heavy (non-hydrogen) atoms. The molecule has 0 amide bonds. The van der Waals surface area contributed by atoms with E-state index in [1.165, 1.54) is 18.3 Å². The predicted molar refractivity (Wildman–Crippen MR) is 54.7 cm³/mol. The van der Waals surface area contributed by atoms with Crippen LogP contribution in [-0.2, 0) is 4.79 Å². The molecule has 3 nitrogen and oxygen atoms in total. The van der Waals surface area contributed by atoms with E-state index in [2.05, 4.69) is 5.32 Å². The number of hydrogen-bond acceptors (Lipinski definition) is 2. The molecule has 0 unspecified atom stereocenters. The van der Waals surface area contributed by atoms with Crippen molar-refractivity contribution in [2.24, 2.45) is 0 Å². The summed E-state index contributed by atoms with van der Waals surface area (Å²) in [4.78, 5) is 10.2. The lowest BCUT2D eigenvalue weighted by Gasteiger charge is -2.11. The molecule has 1 rings (SSSR count). The molecule has 4 heteroatoms. The maximum absolute atomic E-state index is 12.6. The van der Waals surface area contributed by atoms with Crippen LogP contribution < -0.4 is 5.32 Å². The molecule has 0 fully saturated rings. The Balaban J connectivity index is 2.57. The van der Waals surface area contributed by atoms with Crippen LogP contribution in [0.3, 0.4) is 0 Å². The van der Waals surface area contributed by atoms with Crippen LogP contribution >= 0.6 is 0 Å². The van der Waals surface area contributed by atoms with Gasteiger partial charge in [-0.1, -0.05) is 12.1 Å². The molecule has 0 aliphatic heterocycles. The standard InChI is InChI=1S/C11H12FNO2/c1-8(13-7-6-11(14)15)9-2-4-10(12)5-3-9/h2-8,13H,1H3,(H,14,15)/b7-6+/t8-/m0/s1. The summed E-state index contributed by atoms with van der Waals surface area (Å²) in [5, 5.41) is 11.2. The van der Waals surface area contributed by atoms with Crippen molar-refractivity contribution in [2.45, 2.75) is 13.0 Å². The van der Waals surface area contributed by atoms with E-state index in [0.717, 1.165) is 11.6 Å². The number of benzene rings is 1. The van der Waals surface area contributed by atoms with Crippen LogP contribution in [-0.4, -0.2) is 11.1 Å². The number of halogens is 1. The number of carbonyl (C=O) groups is 1. The molecule has 1 atom stereocenters. The van der Waals surface area contributed by atoms with Crippen molar-refractivity contribution >= 4 is 5.97 Å². The second-order valence-corrected chi connectivity index (χ2v) is 3.11. The Bertz CT molecular complexity index is 359. The lowest BCUT2D eigenvalue weighted by atomic mass is 10.1. The first-order valence-corrected chi connectivity index (χ1v) is 4.50. The molecule has 0 aromatic heterocycles. The van der Waals surface area contributed by atoms with Crippen molar-refractivity contribution in [1.29, 1.82) is 0 Å². The zero-order chi connectivity index (χ0) is 11.3. The van der Waals surface area contributed by atoms with Gasteiger partial charge in [0.1, 0.15) is 5.82 Å². The van der Waals surface area contributed by atoms with Crippen molar-refractivity contribution in [2.75, 3.05) is 0 Å². The minimum Gasteiger partial charge on any atom is -0.478 e. The molecular formula is C11H12FNO2. The first kappa shape index (κ1) is 11.2. The van der Waals surface area contributed by atoms with Crippen molar-refractivity contribution < 1.29 is 14.3 Å². The van der Waals surface area contributed by atoms with E-state index in [9.17, 15) is 9.18 Å². The molecule has 1 aromatic carbocycles. The largest absolute Gasteiger partial charge is 0.478 e. The Morgan fingerprint density at radius 2 is 2.07 bits per heavy atom. The first-order chi connectivity index (χ1) is 7.09. The highest BCUT2D eigenvalue weighted by molar-refractivity contribution is 5.79. The molecule has 2 N–H and O–H groups in total. The van der Waals surface area contributed by atoms with Crippen LogP contribution in [0.15, 0.2) is 36.5 Å².